The smallest absolute Gasteiger partial charge is 0.160 e. The Hall–Kier alpha value is -1.66. The number of aryl methyl sites for hydroxylation is 1. The Morgan fingerprint density at radius 2 is 1.97 bits per heavy atom. The highest BCUT2D eigenvalue weighted by atomic mass is 16.5. The molecule has 6 atom stereocenters. The Balaban J connectivity index is 1.51. The predicted molar refractivity (Wildman–Crippen MR) is 132 cm³/mol. The Morgan fingerprint density at radius 1 is 1.22 bits per heavy atom. The zero-order chi connectivity index (χ0) is 23.1. The lowest BCUT2D eigenvalue weighted by Gasteiger charge is -2.52. The van der Waals surface area contributed by atoms with E-state index < -0.39 is 0 Å². The number of phenols is 1. The highest BCUT2D eigenvalue weighted by Gasteiger charge is 2.55. The maximum Gasteiger partial charge on any atom is 0.160 e. The van der Waals surface area contributed by atoms with E-state index in [2.05, 4.69) is 45.6 Å². The van der Waals surface area contributed by atoms with E-state index in [1.54, 1.807) is 7.11 Å². The van der Waals surface area contributed by atoms with Crippen LogP contribution in [0.15, 0.2) is 12.1 Å². The Labute approximate surface area is 195 Å². The number of phenolic OH excluding ortho intramolecular Hbond substituents is 1. The van der Waals surface area contributed by atoms with Crippen LogP contribution >= 0.6 is 0 Å². The molecule has 2 saturated carbocycles. The van der Waals surface area contributed by atoms with Crippen molar-refractivity contribution in [1.29, 1.82) is 0 Å². The molecule has 0 unspecified atom stereocenters. The molecule has 4 rings (SSSR count). The fourth-order valence-corrected chi connectivity index (χ4v) is 7.68. The van der Waals surface area contributed by atoms with E-state index in [4.69, 9.17) is 10.5 Å². The summed E-state index contributed by atoms with van der Waals surface area (Å²) in [5.74, 6) is 11.4. The Morgan fingerprint density at radius 3 is 2.66 bits per heavy atom. The molecule has 0 spiro atoms. The maximum absolute atomic E-state index is 10.3. The van der Waals surface area contributed by atoms with Crippen LogP contribution in [0.4, 0.5) is 0 Å². The molecule has 1 aromatic rings. The van der Waals surface area contributed by atoms with Gasteiger partial charge in [0.15, 0.2) is 11.5 Å². The molecule has 0 bridgehead atoms. The Bertz CT molecular complexity index is 892. The van der Waals surface area contributed by atoms with Crippen LogP contribution in [0, 0.1) is 40.9 Å². The minimum absolute atomic E-state index is 0.286. The number of methoxy groups -OCH3 is 1. The van der Waals surface area contributed by atoms with Crippen molar-refractivity contribution in [3.8, 4) is 23.3 Å². The average molecular weight is 438 g/mol. The highest BCUT2D eigenvalue weighted by Crippen LogP contribution is 2.64. The molecule has 3 nitrogen and oxygen atoms in total. The zero-order valence-electron chi connectivity index (χ0n) is 20.8. The van der Waals surface area contributed by atoms with Crippen LogP contribution in [0.3, 0.4) is 0 Å². The van der Waals surface area contributed by atoms with Crippen molar-refractivity contribution in [2.45, 2.75) is 96.9 Å². The van der Waals surface area contributed by atoms with Gasteiger partial charge >= 0.3 is 0 Å². The molecule has 0 radical (unpaired) electrons. The molecule has 3 aliphatic rings. The van der Waals surface area contributed by atoms with Crippen molar-refractivity contribution in [2.24, 2.45) is 34.8 Å². The predicted octanol–water partition coefficient (Wildman–Crippen LogP) is 6.42. The van der Waals surface area contributed by atoms with Crippen molar-refractivity contribution in [3.63, 3.8) is 0 Å². The van der Waals surface area contributed by atoms with Gasteiger partial charge in [-0.25, -0.2) is 0 Å². The molecule has 0 amide bonds. The summed E-state index contributed by atoms with van der Waals surface area (Å²) < 4.78 is 5.45. The van der Waals surface area contributed by atoms with Gasteiger partial charge in [0, 0.05) is 6.42 Å². The zero-order valence-corrected chi connectivity index (χ0v) is 20.8. The second-order valence-electron chi connectivity index (χ2n) is 11.2. The molecule has 1 aromatic carbocycles. The molecule has 176 valence electrons. The molecule has 32 heavy (non-hydrogen) atoms. The van der Waals surface area contributed by atoms with Crippen LogP contribution in [-0.4, -0.2) is 17.8 Å². The molecule has 3 heteroatoms. The van der Waals surface area contributed by atoms with Gasteiger partial charge in [0.2, 0.25) is 0 Å². The Kier molecular flexibility index (Phi) is 6.56. The topological polar surface area (TPSA) is 55.5 Å². The van der Waals surface area contributed by atoms with Gasteiger partial charge in [-0.1, -0.05) is 33.6 Å². The number of hydrogen-bond acceptors (Lipinski definition) is 3. The third kappa shape index (κ3) is 3.94. The lowest BCUT2D eigenvalue weighted by molar-refractivity contribution is 0.0121. The maximum atomic E-state index is 10.3. The van der Waals surface area contributed by atoms with Crippen molar-refractivity contribution in [1.82, 2.24) is 0 Å². The summed E-state index contributed by atoms with van der Waals surface area (Å²) in [7, 11) is 1.65. The first kappa shape index (κ1) is 23.5. The summed E-state index contributed by atoms with van der Waals surface area (Å²) in [5.41, 5.74) is 9.30. The van der Waals surface area contributed by atoms with E-state index in [-0.39, 0.29) is 11.3 Å². The molecule has 0 aromatic heterocycles. The quantitative estimate of drug-likeness (QED) is 0.523. The van der Waals surface area contributed by atoms with Crippen LogP contribution < -0.4 is 10.5 Å². The summed E-state index contributed by atoms with van der Waals surface area (Å²) in [6, 6.07) is 4.09. The van der Waals surface area contributed by atoms with E-state index in [0.29, 0.717) is 23.0 Å². The fraction of sp³-hybridized carbons (Fsp3) is 0.724. The largest absolute Gasteiger partial charge is 0.504 e. The minimum atomic E-state index is -0.315. The molecule has 3 N–H and O–H groups in total. The number of aromatic hydroxyl groups is 1. The van der Waals surface area contributed by atoms with Gasteiger partial charge in [-0.3, -0.25) is 0 Å². The van der Waals surface area contributed by atoms with Crippen molar-refractivity contribution < 1.29 is 9.84 Å². The fourth-order valence-electron chi connectivity index (χ4n) is 7.68. The molecule has 0 aliphatic heterocycles. The summed E-state index contributed by atoms with van der Waals surface area (Å²) in [6.07, 6.45) is 10.4. The van der Waals surface area contributed by atoms with E-state index in [1.807, 2.05) is 6.07 Å². The SMILES string of the molecule is CCC(N)(C#CC[C@@H](C)[C@H]1CC[C@H]2[C@@H]3CCc4cc(O)c(OC)cc4[C@H]3CC[C@]12C)CC. The third-order valence-corrected chi connectivity index (χ3v) is 9.81. The number of ether oxygens (including phenoxy) is 1. The van der Waals surface area contributed by atoms with Crippen molar-refractivity contribution >= 4 is 0 Å². The van der Waals surface area contributed by atoms with Gasteiger partial charge in [-0.2, -0.15) is 0 Å². The van der Waals surface area contributed by atoms with Gasteiger partial charge in [-0.15, -0.1) is 5.92 Å². The van der Waals surface area contributed by atoms with E-state index >= 15 is 0 Å². The standard InChI is InChI=1S/C29H43NO2/c1-6-29(30,7-2)15-8-9-19(3)24-12-13-25-22-11-10-20-17-26(31)27(32-5)18-23(20)21(22)14-16-28(24,25)4/h17-19,21-22,24-25,31H,6-7,9-14,16,30H2,1-5H3/t19-,21+,22-,24-,25+,28-/m1/s1. The van der Waals surface area contributed by atoms with Gasteiger partial charge in [-0.05, 0) is 110 Å². The molecule has 3 aliphatic carbocycles. The van der Waals surface area contributed by atoms with Gasteiger partial charge in [0.05, 0.1) is 12.6 Å². The minimum Gasteiger partial charge on any atom is -0.504 e. The number of hydrogen-bond donors (Lipinski definition) is 2. The first-order valence-corrected chi connectivity index (χ1v) is 12.9. The van der Waals surface area contributed by atoms with Gasteiger partial charge in [0.25, 0.3) is 0 Å². The summed E-state index contributed by atoms with van der Waals surface area (Å²) in [4.78, 5) is 0. The monoisotopic (exact) mass is 437 g/mol. The lowest BCUT2D eigenvalue weighted by atomic mass is 9.53. The highest BCUT2D eigenvalue weighted by molar-refractivity contribution is 5.49. The van der Waals surface area contributed by atoms with Gasteiger partial charge in [0.1, 0.15) is 0 Å². The molecule has 2 fully saturated rings. The lowest BCUT2D eigenvalue weighted by Crippen LogP contribution is -2.43. The summed E-state index contributed by atoms with van der Waals surface area (Å²) in [6.45, 7) is 9.30. The third-order valence-electron chi connectivity index (χ3n) is 9.81. The molecule has 0 saturated heterocycles. The van der Waals surface area contributed by atoms with Crippen LogP contribution in [0.1, 0.15) is 96.1 Å². The first-order chi connectivity index (χ1) is 15.3. The summed E-state index contributed by atoms with van der Waals surface area (Å²) >= 11 is 0. The number of rotatable bonds is 5. The normalized spacial score (nSPS) is 32.2. The average Bonchev–Trinajstić information content (AvgIpc) is 3.15. The van der Waals surface area contributed by atoms with Crippen LogP contribution in [0.2, 0.25) is 0 Å². The van der Waals surface area contributed by atoms with Crippen LogP contribution in [0.25, 0.3) is 0 Å². The number of nitrogens with two attached hydrogens (primary N) is 1. The van der Waals surface area contributed by atoms with E-state index in [1.165, 1.54) is 43.2 Å². The summed E-state index contributed by atoms with van der Waals surface area (Å²) in [5, 5.41) is 10.3. The van der Waals surface area contributed by atoms with Crippen LogP contribution in [-0.2, 0) is 6.42 Å². The van der Waals surface area contributed by atoms with Gasteiger partial charge < -0.3 is 15.6 Å². The van der Waals surface area contributed by atoms with Crippen LogP contribution in [0.5, 0.6) is 11.5 Å². The number of benzene rings is 1. The van der Waals surface area contributed by atoms with Crippen molar-refractivity contribution in [2.75, 3.05) is 7.11 Å². The van der Waals surface area contributed by atoms with Crippen molar-refractivity contribution in [3.05, 3.63) is 23.3 Å². The van der Waals surface area contributed by atoms with E-state index in [0.717, 1.165) is 43.4 Å². The molecular weight excluding hydrogens is 394 g/mol. The molecular formula is C29H43NO2. The van der Waals surface area contributed by atoms with E-state index in [9.17, 15) is 5.11 Å². The second-order valence-corrected chi connectivity index (χ2v) is 11.2. The molecule has 0 heterocycles. The number of fused-ring (bicyclic) bond motifs is 5. The first-order valence-electron chi connectivity index (χ1n) is 12.9. The second kappa shape index (κ2) is 8.94.